The van der Waals surface area contributed by atoms with Gasteiger partial charge in [0.25, 0.3) is 5.91 Å². The zero-order valence-electron chi connectivity index (χ0n) is 14.1. The number of amides is 1. The van der Waals surface area contributed by atoms with E-state index in [2.05, 4.69) is 24.1 Å². The van der Waals surface area contributed by atoms with Crippen LogP contribution < -0.4 is 5.32 Å². The van der Waals surface area contributed by atoms with Crippen molar-refractivity contribution < 1.29 is 9.53 Å². The standard InChI is InChI=1S/C19H24N2O2S/c1-13(2)10-16-11-15(12-17(23-16)19-20-8-9-24-19)21-18(22)14-6-4-3-5-7-14/h3-9,13,15-17H,10-12H2,1-2H3,(H,21,22)/t15-,16+,17+/m0/s1. The Hall–Kier alpha value is -1.72. The van der Waals surface area contributed by atoms with Gasteiger partial charge in [-0.2, -0.15) is 0 Å². The third kappa shape index (κ3) is 4.42. The Morgan fingerprint density at radius 1 is 1.33 bits per heavy atom. The first-order valence-corrected chi connectivity index (χ1v) is 9.40. The molecule has 2 aromatic rings. The van der Waals surface area contributed by atoms with Crippen LogP contribution in [0.5, 0.6) is 0 Å². The molecule has 1 amide bonds. The summed E-state index contributed by atoms with van der Waals surface area (Å²) < 4.78 is 6.26. The summed E-state index contributed by atoms with van der Waals surface area (Å²) in [6.45, 7) is 4.40. The molecule has 4 nitrogen and oxygen atoms in total. The van der Waals surface area contributed by atoms with Crippen molar-refractivity contribution in [3.8, 4) is 0 Å². The lowest BCUT2D eigenvalue weighted by molar-refractivity contribution is -0.0700. The topological polar surface area (TPSA) is 51.2 Å². The fraction of sp³-hybridized carbons (Fsp3) is 0.474. The van der Waals surface area contributed by atoms with Gasteiger partial charge in [0.05, 0.1) is 6.10 Å². The van der Waals surface area contributed by atoms with E-state index in [0.29, 0.717) is 11.5 Å². The minimum absolute atomic E-state index is 0.0105. The molecule has 1 aromatic carbocycles. The minimum Gasteiger partial charge on any atom is -0.368 e. The van der Waals surface area contributed by atoms with E-state index in [1.165, 1.54) is 0 Å². The number of ether oxygens (including phenoxy) is 1. The highest BCUT2D eigenvalue weighted by Gasteiger charge is 2.32. The molecule has 0 radical (unpaired) electrons. The van der Waals surface area contributed by atoms with Gasteiger partial charge in [-0.1, -0.05) is 32.0 Å². The molecule has 24 heavy (non-hydrogen) atoms. The number of thiazole rings is 1. The highest BCUT2D eigenvalue weighted by molar-refractivity contribution is 7.09. The minimum atomic E-state index is -0.0245. The molecule has 128 valence electrons. The van der Waals surface area contributed by atoms with Crippen molar-refractivity contribution >= 4 is 17.2 Å². The number of nitrogens with one attached hydrogen (secondary N) is 1. The summed E-state index contributed by atoms with van der Waals surface area (Å²) in [5.41, 5.74) is 0.704. The molecule has 1 saturated heterocycles. The van der Waals surface area contributed by atoms with Gasteiger partial charge in [-0.15, -0.1) is 11.3 Å². The summed E-state index contributed by atoms with van der Waals surface area (Å²) in [7, 11) is 0. The van der Waals surface area contributed by atoms with E-state index in [9.17, 15) is 4.79 Å². The van der Waals surface area contributed by atoms with Crippen LogP contribution in [0.2, 0.25) is 0 Å². The highest BCUT2D eigenvalue weighted by Crippen LogP contribution is 2.34. The molecule has 2 heterocycles. The SMILES string of the molecule is CC(C)C[C@@H]1C[C@H](NC(=O)c2ccccc2)C[C@H](c2nccs2)O1. The Labute approximate surface area is 147 Å². The zero-order valence-corrected chi connectivity index (χ0v) is 15.0. The maximum absolute atomic E-state index is 12.5. The van der Waals surface area contributed by atoms with Crippen LogP contribution in [0.1, 0.15) is 54.6 Å². The molecule has 0 bridgehead atoms. The largest absolute Gasteiger partial charge is 0.368 e. The monoisotopic (exact) mass is 344 g/mol. The number of hydrogen-bond acceptors (Lipinski definition) is 4. The normalized spacial score (nSPS) is 24.0. The molecule has 5 heteroatoms. The first-order chi connectivity index (χ1) is 11.6. The third-order valence-corrected chi connectivity index (χ3v) is 5.10. The lowest BCUT2D eigenvalue weighted by Crippen LogP contribution is -2.43. The Bertz CT molecular complexity index is 643. The molecular weight excluding hydrogens is 320 g/mol. The molecule has 1 N–H and O–H groups in total. The van der Waals surface area contributed by atoms with Crippen molar-refractivity contribution in [1.82, 2.24) is 10.3 Å². The Balaban J connectivity index is 1.70. The van der Waals surface area contributed by atoms with E-state index in [0.717, 1.165) is 24.3 Å². The van der Waals surface area contributed by atoms with Gasteiger partial charge in [-0.25, -0.2) is 4.98 Å². The lowest BCUT2D eigenvalue weighted by Gasteiger charge is -2.35. The molecular formula is C19H24N2O2S. The van der Waals surface area contributed by atoms with Gasteiger partial charge in [0, 0.05) is 29.6 Å². The molecule has 1 aliphatic heterocycles. The molecule has 0 spiro atoms. The Morgan fingerprint density at radius 3 is 2.79 bits per heavy atom. The smallest absolute Gasteiger partial charge is 0.251 e. The summed E-state index contributed by atoms with van der Waals surface area (Å²) in [5, 5.41) is 6.16. The van der Waals surface area contributed by atoms with Crippen LogP contribution >= 0.6 is 11.3 Å². The van der Waals surface area contributed by atoms with Gasteiger partial charge in [0.2, 0.25) is 0 Å². The molecule has 1 fully saturated rings. The summed E-state index contributed by atoms with van der Waals surface area (Å²) in [4.78, 5) is 16.9. The average Bonchev–Trinajstić information content (AvgIpc) is 3.09. The van der Waals surface area contributed by atoms with Crippen LogP contribution in [-0.4, -0.2) is 23.0 Å². The van der Waals surface area contributed by atoms with E-state index >= 15 is 0 Å². The van der Waals surface area contributed by atoms with Gasteiger partial charge in [0.15, 0.2) is 0 Å². The number of aromatic nitrogens is 1. The highest BCUT2D eigenvalue weighted by atomic mass is 32.1. The predicted molar refractivity (Wildman–Crippen MR) is 96.1 cm³/mol. The summed E-state index contributed by atoms with van der Waals surface area (Å²) in [6, 6.07) is 9.50. The zero-order chi connectivity index (χ0) is 16.9. The van der Waals surface area contributed by atoms with E-state index in [1.807, 2.05) is 41.9 Å². The molecule has 0 aliphatic carbocycles. The first-order valence-electron chi connectivity index (χ1n) is 8.52. The van der Waals surface area contributed by atoms with Crippen molar-refractivity contribution in [2.75, 3.05) is 0 Å². The van der Waals surface area contributed by atoms with Crippen molar-refractivity contribution in [1.29, 1.82) is 0 Å². The second kappa shape index (κ2) is 7.90. The average molecular weight is 344 g/mol. The van der Waals surface area contributed by atoms with Crippen molar-refractivity contribution in [3.05, 3.63) is 52.5 Å². The Morgan fingerprint density at radius 2 is 2.12 bits per heavy atom. The van der Waals surface area contributed by atoms with Crippen molar-refractivity contribution in [2.24, 2.45) is 5.92 Å². The summed E-state index contributed by atoms with van der Waals surface area (Å²) in [6.07, 6.45) is 4.59. The van der Waals surface area contributed by atoms with Gasteiger partial charge >= 0.3 is 0 Å². The van der Waals surface area contributed by atoms with Crippen LogP contribution in [0.3, 0.4) is 0 Å². The maximum atomic E-state index is 12.5. The second-order valence-electron chi connectivity index (χ2n) is 6.75. The van der Waals surface area contributed by atoms with Gasteiger partial charge in [0.1, 0.15) is 11.1 Å². The quantitative estimate of drug-likeness (QED) is 0.884. The second-order valence-corrected chi connectivity index (χ2v) is 7.68. The molecule has 3 rings (SSSR count). The summed E-state index contributed by atoms with van der Waals surface area (Å²) >= 11 is 1.62. The van der Waals surface area contributed by atoms with Crippen LogP contribution in [0.25, 0.3) is 0 Å². The number of hydrogen-bond donors (Lipinski definition) is 1. The van der Waals surface area contributed by atoms with Gasteiger partial charge < -0.3 is 10.1 Å². The Kier molecular flexibility index (Phi) is 5.63. The number of rotatable bonds is 5. The predicted octanol–water partition coefficient (Wildman–Crippen LogP) is 4.21. The van der Waals surface area contributed by atoms with E-state index in [1.54, 1.807) is 11.3 Å². The number of carbonyl (C=O) groups excluding carboxylic acids is 1. The molecule has 0 saturated carbocycles. The van der Waals surface area contributed by atoms with Gasteiger partial charge in [-0.3, -0.25) is 4.79 Å². The van der Waals surface area contributed by atoms with Crippen LogP contribution in [0.4, 0.5) is 0 Å². The molecule has 1 aliphatic rings. The fourth-order valence-corrected chi connectivity index (χ4v) is 3.91. The molecule has 0 unspecified atom stereocenters. The fourth-order valence-electron chi connectivity index (χ4n) is 3.22. The van der Waals surface area contributed by atoms with E-state index in [-0.39, 0.29) is 24.2 Å². The number of nitrogens with zero attached hydrogens (tertiary/aromatic N) is 1. The number of carbonyl (C=O) groups is 1. The van der Waals surface area contributed by atoms with Crippen LogP contribution in [0.15, 0.2) is 41.9 Å². The first kappa shape index (κ1) is 17.1. The van der Waals surface area contributed by atoms with Crippen molar-refractivity contribution in [3.63, 3.8) is 0 Å². The van der Waals surface area contributed by atoms with Crippen molar-refractivity contribution in [2.45, 2.75) is 51.4 Å². The van der Waals surface area contributed by atoms with Crippen LogP contribution in [-0.2, 0) is 4.74 Å². The maximum Gasteiger partial charge on any atom is 0.251 e. The van der Waals surface area contributed by atoms with Crippen LogP contribution in [0, 0.1) is 5.92 Å². The third-order valence-electron chi connectivity index (χ3n) is 4.24. The van der Waals surface area contributed by atoms with E-state index < -0.39 is 0 Å². The molecule has 1 aromatic heterocycles. The lowest BCUT2D eigenvalue weighted by atomic mass is 9.93. The number of benzene rings is 1. The molecule has 3 atom stereocenters. The summed E-state index contributed by atoms with van der Waals surface area (Å²) in [5.74, 6) is 0.555. The van der Waals surface area contributed by atoms with Gasteiger partial charge in [-0.05, 0) is 30.9 Å². The van der Waals surface area contributed by atoms with E-state index in [4.69, 9.17) is 4.74 Å².